The zero-order chi connectivity index (χ0) is 14.0. The third-order valence-electron chi connectivity index (χ3n) is 4.47. The molecule has 1 fully saturated rings. The molecule has 0 spiro atoms. The molecule has 0 aliphatic carbocycles. The van der Waals surface area contributed by atoms with E-state index in [9.17, 15) is 4.79 Å². The fourth-order valence-corrected chi connectivity index (χ4v) is 2.92. The molecule has 0 unspecified atom stereocenters. The summed E-state index contributed by atoms with van der Waals surface area (Å²) in [6.07, 6.45) is 2.23. The van der Waals surface area contributed by atoms with Crippen molar-refractivity contribution >= 4 is 18.3 Å². The lowest BCUT2D eigenvalue weighted by Gasteiger charge is -2.34. The SMILES string of the molecule is CC1(CNC(=O)c2ccc3c(c2)COC3)CCNCC1.Cl. The van der Waals surface area contributed by atoms with Crippen LogP contribution in [0.3, 0.4) is 0 Å². The Labute approximate surface area is 132 Å². The van der Waals surface area contributed by atoms with Crippen LogP contribution in [0.1, 0.15) is 41.3 Å². The molecule has 0 aromatic heterocycles. The molecule has 1 aromatic carbocycles. The highest BCUT2D eigenvalue weighted by molar-refractivity contribution is 5.94. The number of amides is 1. The van der Waals surface area contributed by atoms with E-state index in [1.54, 1.807) is 0 Å². The number of nitrogens with one attached hydrogen (secondary N) is 2. The van der Waals surface area contributed by atoms with Crippen molar-refractivity contribution in [3.05, 3.63) is 34.9 Å². The number of hydrogen-bond acceptors (Lipinski definition) is 3. The molecule has 21 heavy (non-hydrogen) atoms. The normalized spacial score (nSPS) is 19.5. The molecule has 1 saturated heterocycles. The first kappa shape index (κ1) is 16.3. The molecule has 0 saturated carbocycles. The first-order valence-electron chi connectivity index (χ1n) is 7.35. The number of fused-ring (bicyclic) bond motifs is 1. The van der Waals surface area contributed by atoms with Crippen LogP contribution in [-0.2, 0) is 18.0 Å². The third kappa shape index (κ3) is 3.76. The van der Waals surface area contributed by atoms with Gasteiger partial charge in [0, 0.05) is 12.1 Å². The summed E-state index contributed by atoms with van der Waals surface area (Å²) in [6.45, 7) is 6.39. The Morgan fingerprint density at radius 3 is 2.76 bits per heavy atom. The predicted molar refractivity (Wildman–Crippen MR) is 84.7 cm³/mol. The number of halogens is 1. The zero-order valence-corrected chi connectivity index (χ0v) is 13.2. The molecule has 0 radical (unpaired) electrons. The Hall–Kier alpha value is -1.10. The van der Waals surface area contributed by atoms with Crippen molar-refractivity contribution in [1.29, 1.82) is 0 Å². The average molecular weight is 311 g/mol. The molecule has 116 valence electrons. The van der Waals surface area contributed by atoms with Crippen molar-refractivity contribution in [2.45, 2.75) is 33.0 Å². The topological polar surface area (TPSA) is 50.4 Å². The fourth-order valence-electron chi connectivity index (χ4n) is 2.92. The monoisotopic (exact) mass is 310 g/mol. The lowest BCUT2D eigenvalue weighted by atomic mass is 9.81. The van der Waals surface area contributed by atoms with Gasteiger partial charge in [0.05, 0.1) is 13.2 Å². The molecule has 2 aliphatic rings. The van der Waals surface area contributed by atoms with Gasteiger partial charge >= 0.3 is 0 Å². The van der Waals surface area contributed by atoms with Crippen LogP contribution in [0.15, 0.2) is 18.2 Å². The summed E-state index contributed by atoms with van der Waals surface area (Å²) in [7, 11) is 0. The maximum absolute atomic E-state index is 12.3. The van der Waals surface area contributed by atoms with E-state index in [1.807, 2.05) is 18.2 Å². The second kappa shape index (κ2) is 6.77. The Morgan fingerprint density at radius 1 is 1.29 bits per heavy atom. The molecule has 1 aromatic rings. The molecule has 2 heterocycles. The van der Waals surface area contributed by atoms with E-state index in [2.05, 4.69) is 17.6 Å². The minimum Gasteiger partial charge on any atom is -0.372 e. The van der Waals surface area contributed by atoms with E-state index < -0.39 is 0 Å². The molecular weight excluding hydrogens is 288 g/mol. The first-order chi connectivity index (χ1) is 9.66. The second-order valence-corrected chi connectivity index (χ2v) is 6.22. The summed E-state index contributed by atoms with van der Waals surface area (Å²) in [6, 6.07) is 5.86. The highest BCUT2D eigenvalue weighted by Crippen LogP contribution is 2.27. The molecular formula is C16H23ClN2O2. The van der Waals surface area contributed by atoms with Crippen molar-refractivity contribution in [1.82, 2.24) is 10.6 Å². The number of carbonyl (C=O) groups is 1. The van der Waals surface area contributed by atoms with Crippen molar-refractivity contribution in [3.8, 4) is 0 Å². The zero-order valence-electron chi connectivity index (χ0n) is 12.4. The summed E-state index contributed by atoms with van der Waals surface area (Å²) < 4.78 is 5.38. The van der Waals surface area contributed by atoms with Gasteiger partial charge in [0.1, 0.15) is 0 Å². The summed E-state index contributed by atoms with van der Waals surface area (Å²) >= 11 is 0. The Morgan fingerprint density at radius 2 is 2.00 bits per heavy atom. The lowest BCUT2D eigenvalue weighted by Crippen LogP contribution is -2.42. The largest absolute Gasteiger partial charge is 0.372 e. The molecule has 0 bridgehead atoms. The Bertz CT molecular complexity index is 513. The average Bonchev–Trinajstić information content (AvgIpc) is 2.93. The van der Waals surface area contributed by atoms with Crippen molar-refractivity contribution < 1.29 is 9.53 Å². The van der Waals surface area contributed by atoms with E-state index in [1.165, 1.54) is 5.56 Å². The summed E-state index contributed by atoms with van der Waals surface area (Å²) in [5, 5.41) is 6.45. The third-order valence-corrected chi connectivity index (χ3v) is 4.47. The summed E-state index contributed by atoms with van der Waals surface area (Å²) in [5.74, 6) is 0.0273. The van der Waals surface area contributed by atoms with Crippen LogP contribution < -0.4 is 10.6 Å². The quantitative estimate of drug-likeness (QED) is 0.900. The molecule has 1 amide bonds. The van der Waals surface area contributed by atoms with Crippen molar-refractivity contribution in [2.75, 3.05) is 19.6 Å². The van der Waals surface area contributed by atoms with Crippen LogP contribution >= 0.6 is 12.4 Å². The van der Waals surface area contributed by atoms with Gasteiger partial charge in [0.25, 0.3) is 5.91 Å². The minimum atomic E-state index is 0. The van der Waals surface area contributed by atoms with Crippen LogP contribution in [-0.4, -0.2) is 25.5 Å². The lowest BCUT2D eigenvalue weighted by molar-refractivity contribution is 0.0922. The highest BCUT2D eigenvalue weighted by atomic mass is 35.5. The Balaban J connectivity index is 0.00000161. The number of piperidine rings is 1. The molecule has 4 nitrogen and oxygen atoms in total. The number of ether oxygens (including phenoxy) is 1. The number of rotatable bonds is 3. The van der Waals surface area contributed by atoms with Crippen LogP contribution in [0.4, 0.5) is 0 Å². The molecule has 3 rings (SSSR count). The van der Waals surface area contributed by atoms with Crippen LogP contribution in [0.2, 0.25) is 0 Å². The van der Waals surface area contributed by atoms with Gasteiger partial charge in [-0.25, -0.2) is 0 Å². The highest BCUT2D eigenvalue weighted by Gasteiger charge is 2.27. The number of benzene rings is 1. The van der Waals surface area contributed by atoms with Gasteiger partial charge in [0.2, 0.25) is 0 Å². The van der Waals surface area contributed by atoms with Gasteiger partial charge in [-0.15, -0.1) is 12.4 Å². The molecule has 2 aliphatic heterocycles. The molecule has 2 N–H and O–H groups in total. The number of hydrogen-bond donors (Lipinski definition) is 2. The van der Waals surface area contributed by atoms with Gasteiger partial charge < -0.3 is 15.4 Å². The van der Waals surface area contributed by atoms with Gasteiger partial charge in [-0.2, -0.15) is 0 Å². The van der Waals surface area contributed by atoms with E-state index in [-0.39, 0.29) is 23.7 Å². The Kier molecular flexibility index (Phi) is 5.25. The summed E-state index contributed by atoms with van der Waals surface area (Å²) in [4.78, 5) is 12.3. The van der Waals surface area contributed by atoms with E-state index in [0.717, 1.165) is 43.6 Å². The van der Waals surface area contributed by atoms with Crippen LogP contribution in [0.25, 0.3) is 0 Å². The number of carbonyl (C=O) groups excluding carboxylic acids is 1. The van der Waals surface area contributed by atoms with Crippen LogP contribution in [0, 0.1) is 5.41 Å². The minimum absolute atomic E-state index is 0. The maximum Gasteiger partial charge on any atom is 0.251 e. The van der Waals surface area contributed by atoms with Crippen molar-refractivity contribution in [2.24, 2.45) is 5.41 Å². The smallest absolute Gasteiger partial charge is 0.251 e. The standard InChI is InChI=1S/C16H22N2O2.ClH/c1-16(4-6-17-7-5-16)11-18-15(19)12-2-3-13-9-20-10-14(13)8-12;/h2-3,8,17H,4-7,9-11H2,1H3,(H,18,19);1H. The fraction of sp³-hybridized carbons (Fsp3) is 0.562. The van der Waals surface area contributed by atoms with Gasteiger partial charge in [-0.05, 0) is 54.6 Å². The maximum atomic E-state index is 12.3. The van der Waals surface area contributed by atoms with E-state index in [4.69, 9.17) is 4.74 Å². The molecule has 0 atom stereocenters. The summed E-state index contributed by atoms with van der Waals surface area (Å²) in [5.41, 5.74) is 3.31. The molecule has 5 heteroatoms. The van der Waals surface area contributed by atoms with Crippen LogP contribution in [0.5, 0.6) is 0 Å². The van der Waals surface area contributed by atoms with Gasteiger partial charge in [-0.3, -0.25) is 4.79 Å². The van der Waals surface area contributed by atoms with E-state index in [0.29, 0.717) is 13.2 Å². The van der Waals surface area contributed by atoms with Gasteiger partial charge in [-0.1, -0.05) is 13.0 Å². The predicted octanol–water partition coefficient (Wildman–Crippen LogP) is 2.26. The first-order valence-corrected chi connectivity index (χ1v) is 7.35. The van der Waals surface area contributed by atoms with Gasteiger partial charge in [0.15, 0.2) is 0 Å². The van der Waals surface area contributed by atoms with Crippen molar-refractivity contribution in [3.63, 3.8) is 0 Å². The van der Waals surface area contributed by atoms with E-state index >= 15 is 0 Å². The second-order valence-electron chi connectivity index (χ2n) is 6.22.